The predicted octanol–water partition coefficient (Wildman–Crippen LogP) is 6.02. The molecule has 3 rings (SSSR count). The van der Waals surface area contributed by atoms with Crippen molar-refractivity contribution in [3.05, 3.63) is 56.0 Å². The minimum atomic E-state index is 0. The molecule has 0 unspecified atom stereocenters. The molecular weight excluding hydrogens is 448 g/mol. The highest BCUT2D eigenvalue weighted by atomic mass is 79.9. The fraction of sp³-hybridized carbons (Fsp3) is 0.333. The monoisotopic (exact) mass is 465 g/mol. The molecule has 0 amide bonds. The van der Waals surface area contributed by atoms with Crippen LogP contribution in [0.1, 0.15) is 24.0 Å². The number of rotatable bonds is 7. The van der Waals surface area contributed by atoms with Crippen LogP contribution in [-0.2, 0) is 13.2 Å². The van der Waals surface area contributed by atoms with Crippen molar-refractivity contribution in [2.75, 3.05) is 7.11 Å². The van der Waals surface area contributed by atoms with Crippen molar-refractivity contribution in [1.82, 2.24) is 5.32 Å². The van der Waals surface area contributed by atoms with E-state index in [1.165, 1.54) is 12.8 Å². The molecule has 0 saturated heterocycles. The number of nitrogens with one attached hydrogen (secondary N) is 1. The van der Waals surface area contributed by atoms with Gasteiger partial charge in [0.15, 0.2) is 11.5 Å². The van der Waals surface area contributed by atoms with Crippen LogP contribution in [0.2, 0.25) is 10.0 Å². The molecule has 1 aliphatic rings. The summed E-state index contributed by atoms with van der Waals surface area (Å²) in [7, 11) is 1.64. The molecule has 2 aromatic carbocycles. The summed E-state index contributed by atoms with van der Waals surface area (Å²) in [6.45, 7) is 1.16. The summed E-state index contributed by atoms with van der Waals surface area (Å²) in [6, 6.07) is 10.1. The lowest BCUT2D eigenvalue weighted by Gasteiger charge is -2.15. The standard InChI is InChI=1S/C18H18BrCl2NO2.ClH/c1-23-17-7-11(9-22-14-4-5-14)6-15(19)18(17)24-10-12-2-3-13(20)8-16(12)21;/h2-3,6-8,14,22H,4-5,9-10H2,1H3;1H. The average molecular weight is 468 g/mol. The Hall–Kier alpha value is -0.650. The van der Waals surface area contributed by atoms with Gasteiger partial charge in [-0.25, -0.2) is 0 Å². The molecule has 2 aromatic rings. The van der Waals surface area contributed by atoms with Crippen molar-refractivity contribution < 1.29 is 9.47 Å². The second-order valence-corrected chi connectivity index (χ2v) is 7.49. The molecule has 0 atom stereocenters. The molecule has 7 heteroatoms. The van der Waals surface area contributed by atoms with Crippen LogP contribution in [0, 0.1) is 0 Å². The van der Waals surface area contributed by atoms with E-state index in [4.69, 9.17) is 32.7 Å². The number of hydrogen-bond acceptors (Lipinski definition) is 3. The van der Waals surface area contributed by atoms with Crippen molar-refractivity contribution >= 4 is 51.5 Å². The average Bonchev–Trinajstić information content (AvgIpc) is 3.37. The van der Waals surface area contributed by atoms with E-state index in [0.29, 0.717) is 34.2 Å². The summed E-state index contributed by atoms with van der Waals surface area (Å²) in [5, 5.41) is 4.69. The number of benzene rings is 2. The maximum absolute atomic E-state index is 6.20. The maximum atomic E-state index is 6.20. The number of methoxy groups -OCH3 is 1. The third-order valence-corrected chi connectivity index (χ3v) is 5.02. The van der Waals surface area contributed by atoms with Crippen LogP contribution in [0.25, 0.3) is 0 Å². The van der Waals surface area contributed by atoms with Gasteiger partial charge in [0.1, 0.15) is 6.61 Å². The third kappa shape index (κ3) is 5.66. The highest BCUT2D eigenvalue weighted by Gasteiger charge is 2.20. The normalized spacial score (nSPS) is 13.3. The Morgan fingerprint density at radius 1 is 1.20 bits per heavy atom. The van der Waals surface area contributed by atoms with Crippen LogP contribution in [0.3, 0.4) is 0 Å². The molecule has 0 aliphatic heterocycles. The molecule has 0 heterocycles. The van der Waals surface area contributed by atoms with Gasteiger partial charge in [-0.05, 0) is 58.6 Å². The van der Waals surface area contributed by atoms with E-state index in [-0.39, 0.29) is 12.4 Å². The van der Waals surface area contributed by atoms with Crippen LogP contribution in [0.15, 0.2) is 34.8 Å². The Morgan fingerprint density at radius 3 is 2.60 bits per heavy atom. The smallest absolute Gasteiger partial charge is 0.175 e. The Balaban J connectivity index is 0.00000225. The van der Waals surface area contributed by atoms with Gasteiger partial charge in [0, 0.05) is 28.2 Å². The highest BCUT2D eigenvalue weighted by molar-refractivity contribution is 9.10. The number of hydrogen-bond donors (Lipinski definition) is 1. The molecule has 1 N–H and O–H groups in total. The second kappa shape index (κ2) is 9.33. The van der Waals surface area contributed by atoms with E-state index in [0.717, 1.165) is 22.1 Å². The van der Waals surface area contributed by atoms with E-state index < -0.39 is 0 Å². The molecule has 0 radical (unpaired) electrons. The van der Waals surface area contributed by atoms with Gasteiger partial charge in [0.25, 0.3) is 0 Å². The first kappa shape index (κ1) is 20.7. The summed E-state index contributed by atoms with van der Waals surface area (Å²) in [5.41, 5.74) is 2.02. The van der Waals surface area contributed by atoms with Gasteiger partial charge in [-0.1, -0.05) is 29.3 Å². The van der Waals surface area contributed by atoms with Gasteiger partial charge in [-0.15, -0.1) is 12.4 Å². The fourth-order valence-corrected chi connectivity index (χ4v) is 3.42. The fourth-order valence-electron chi connectivity index (χ4n) is 2.35. The Kier molecular flexibility index (Phi) is 7.71. The summed E-state index contributed by atoms with van der Waals surface area (Å²) < 4.78 is 12.3. The van der Waals surface area contributed by atoms with E-state index >= 15 is 0 Å². The van der Waals surface area contributed by atoms with Gasteiger partial charge in [0.2, 0.25) is 0 Å². The zero-order valence-corrected chi connectivity index (χ0v) is 17.6. The van der Waals surface area contributed by atoms with Gasteiger partial charge in [-0.2, -0.15) is 0 Å². The zero-order valence-electron chi connectivity index (χ0n) is 13.7. The van der Waals surface area contributed by atoms with E-state index in [9.17, 15) is 0 Å². The molecule has 0 bridgehead atoms. The lowest BCUT2D eigenvalue weighted by molar-refractivity contribution is 0.282. The highest BCUT2D eigenvalue weighted by Crippen LogP contribution is 2.38. The second-order valence-electron chi connectivity index (χ2n) is 5.79. The maximum Gasteiger partial charge on any atom is 0.175 e. The Bertz CT molecular complexity index is 739. The Morgan fingerprint density at radius 2 is 1.96 bits per heavy atom. The summed E-state index contributed by atoms with van der Waals surface area (Å²) in [5.74, 6) is 1.36. The largest absolute Gasteiger partial charge is 0.493 e. The lowest BCUT2D eigenvalue weighted by Crippen LogP contribution is -2.15. The van der Waals surface area contributed by atoms with Crippen LogP contribution in [0.4, 0.5) is 0 Å². The first-order chi connectivity index (χ1) is 11.6. The molecule has 1 fully saturated rings. The molecule has 0 aromatic heterocycles. The van der Waals surface area contributed by atoms with E-state index in [2.05, 4.69) is 27.3 Å². The molecule has 25 heavy (non-hydrogen) atoms. The van der Waals surface area contributed by atoms with Gasteiger partial charge < -0.3 is 14.8 Å². The molecule has 1 saturated carbocycles. The van der Waals surface area contributed by atoms with Crippen LogP contribution >= 0.6 is 51.5 Å². The molecule has 0 spiro atoms. The van der Waals surface area contributed by atoms with E-state index in [1.54, 1.807) is 19.2 Å². The zero-order chi connectivity index (χ0) is 17.1. The topological polar surface area (TPSA) is 30.5 Å². The predicted molar refractivity (Wildman–Crippen MR) is 109 cm³/mol. The van der Waals surface area contributed by atoms with Crippen LogP contribution < -0.4 is 14.8 Å². The lowest BCUT2D eigenvalue weighted by atomic mass is 10.2. The first-order valence-corrected chi connectivity index (χ1v) is 9.28. The van der Waals surface area contributed by atoms with Crippen molar-refractivity contribution in [3.8, 4) is 11.5 Å². The van der Waals surface area contributed by atoms with Gasteiger partial charge in [0.05, 0.1) is 11.6 Å². The minimum Gasteiger partial charge on any atom is -0.493 e. The van der Waals surface area contributed by atoms with Crippen molar-refractivity contribution in [1.29, 1.82) is 0 Å². The molecule has 1 aliphatic carbocycles. The molecule has 3 nitrogen and oxygen atoms in total. The first-order valence-electron chi connectivity index (χ1n) is 7.73. The van der Waals surface area contributed by atoms with Crippen LogP contribution in [0.5, 0.6) is 11.5 Å². The number of ether oxygens (including phenoxy) is 2. The summed E-state index contributed by atoms with van der Waals surface area (Å²) >= 11 is 15.7. The van der Waals surface area contributed by atoms with Gasteiger partial charge in [-0.3, -0.25) is 0 Å². The van der Waals surface area contributed by atoms with E-state index in [1.807, 2.05) is 12.1 Å². The Labute approximate surface area is 172 Å². The molecule has 136 valence electrons. The number of halogens is 4. The SMILES string of the molecule is COc1cc(CNC2CC2)cc(Br)c1OCc1ccc(Cl)cc1Cl.Cl. The van der Waals surface area contributed by atoms with Crippen molar-refractivity contribution in [2.24, 2.45) is 0 Å². The summed E-state index contributed by atoms with van der Waals surface area (Å²) in [6.07, 6.45) is 2.53. The molecular formula is C18H19BrCl3NO2. The minimum absolute atomic E-state index is 0. The third-order valence-electron chi connectivity index (χ3n) is 3.85. The van der Waals surface area contributed by atoms with Crippen LogP contribution in [-0.4, -0.2) is 13.2 Å². The summed E-state index contributed by atoms with van der Waals surface area (Å²) in [4.78, 5) is 0. The van der Waals surface area contributed by atoms with Crippen molar-refractivity contribution in [3.63, 3.8) is 0 Å². The van der Waals surface area contributed by atoms with Crippen molar-refractivity contribution in [2.45, 2.75) is 32.0 Å². The van der Waals surface area contributed by atoms with Gasteiger partial charge >= 0.3 is 0 Å². The quantitative estimate of drug-likeness (QED) is 0.540.